The summed E-state index contributed by atoms with van der Waals surface area (Å²) in [5.41, 5.74) is 1.60. The van der Waals surface area contributed by atoms with E-state index < -0.39 is 5.25 Å². The van der Waals surface area contributed by atoms with Crippen LogP contribution >= 0.6 is 11.8 Å². The van der Waals surface area contributed by atoms with Gasteiger partial charge in [-0.25, -0.2) is 4.98 Å². The quantitative estimate of drug-likeness (QED) is 0.498. The number of thioether (sulfide) groups is 1. The Labute approximate surface area is 180 Å². The molecule has 1 fully saturated rings. The molecule has 6 nitrogen and oxygen atoms in total. The highest BCUT2D eigenvalue weighted by molar-refractivity contribution is 8.00. The monoisotopic (exact) mass is 422 g/mol. The van der Waals surface area contributed by atoms with Crippen molar-refractivity contribution in [2.24, 2.45) is 5.92 Å². The van der Waals surface area contributed by atoms with Crippen molar-refractivity contribution in [2.75, 3.05) is 12.4 Å². The Balaban J connectivity index is 1.50. The highest BCUT2D eigenvalue weighted by Crippen LogP contribution is 2.35. The van der Waals surface area contributed by atoms with Gasteiger partial charge in [-0.3, -0.25) is 9.89 Å². The van der Waals surface area contributed by atoms with Crippen molar-refractivity contribution < 1.29 is 9.53 Å². The fourth-order valence-corrected chi connectivity index (χ4v) is 4.76. The van der Waals surface area contributed by atoms with Crippen molar-refractivity contribution in [3.63, 3.8) is 0 Å². The summed E-state index contributed by atoms with van der Waals surface area (Å²) >= 11 is 1.36. The summed E-state index contributed by atoms with van der Waals surface area (Å²) in [6.07, 6.45) is 6.07. The van der Waals surface area contributed by atoms with Crippen molar-refractivity contribution in [1.29, 1.82) is 0 Å². The normalized spacial score (nSPS) is 15.1. The predicted molar refractivity (Wildman–Crippen MR) is 119 cm³/mol. The number of hydrogen-bond donors (Lipinski definition) is 2. The summed E-state index contributed by atoms with van der Waals surface area (Å²) < 4.78 is 5.25. The van der Waals surface area contributed by atoms with Gasteiger partial charge in [0, 0.05) is 18.2 Å². The van der Waals surface area contributed by atoms with Crippen LogP contribution in [-0.2, 0) is 11.2 Å². The second kappa shape index (κ2) is 9.80. The topological polar surface area (TPSA) is 79.9 Å². The molecular formula is C23H26N4O2S. The van der Waals surface area contributed by atoms with Gasteiger partial charge in [-0.1, -0.05) is 73.8 Å². The number of anilines is 1. The first kappa shape index (κ1) is 20.5. The molecule has 4 rings (SSSR count). The summed E-state index contributed by atoms with van der Waals surface area (Å²) in [6, 6.07) is 17.1. The standard InChI is InChI=1S/C23H26N4O2S/c1-29-19-13-7-12-18(15-19)24-22(28)21(17-10-3-2-4-11-17)30-23-25-20(26-27-23)14-16-8-5-6-9-16/h2-4,7,10-13,15-16,21H,5-6,8-9,14H2,1H3,(H,24,28)(H,25,26,27). The molecule has 1 saturated carbocycles. The minimum atomic E-state index is -0.465. The zero-order valence-electron chi connectivity index (χ0n) is 17.0. The van der Waals surface area contributed by atoms with Gasteiger partial charge in [-0.2, -0.15) is 0 Å². The van der Waals surface area contributed by atoms with Crippen molar-refractivity contribution in [3.8, 4) is 5.75 Å². The number of carbonyl (C=O) groups is 1. The summed E-state index contributed by atoms with van der Waals surface area (Å²) in [5, 5.41) is 10.6. The number of ether oxygens (including phenoxy) is 1. The molecule has 1 aliphatic rings. The highest BCUT2D eigenvalue weighted by atomic mass is 32.2. The average molecular weight is 423 g/mol. The number of nitrogens with zero attached hydrogens (tertiary/aromatic N) is 2. The molecule has 0 spiro atoms. The maximum Gasteiger partial charge on any atom is 0.242 e. The summed E-state index contributed by atoms with van der Waals surface area (Å²) in [5.74, 6) is 2.17. The van der Waals surface area contributed by atoms with E-state index in [9.17, 15) is 4.79 Å². The zero-order chi connectivity index (χ0) is 20.8. The van der Waals surface area contributed by atoms with Crippen LogP contribution in [0.3, 0.4) is 0 Å². The Bertz CT molecular complexity index is 970. The molecule has 7 heteroatoms. The van der Waals surface area contributed by atoms with Crippen LogP contribution in [0.15, 0.2) is 59.8 Å². The Morgan fingerprint density at radius 1 is 1.20 bits per heavy atom. The number of methoxy groups -OCH3 is 1. The van der Waals surface area contributed by atoms with E-state index >= 15 is 0 Å². The van der Waals surface area contributed by atoms with Crippen molar-refractivity contribution in [1.82, 2.24) is 15.2 Å². The lowest BCUT2D eigenvalue weighted by Gasteiger charge is -2.16. The predicted octanol–water partition coefficient (Wildman–Crippen LogP) is 5.02. The van der Waals surface area contributed by atoms with Crippen molar-refractivity contribution in [3.05, 3.63) is 66.0 Å². The third kappa shape index (κ3) is 5.21. The third-order valence-corrected chi connectivity index (χ3v) is 6.48. The van der Waals surface area contributed by atoms with Crippen LogP contribution in [-0.4, -0.2) is 28.2 Å². The molecule has 2 N–H and O–H groups in total. The van der Waals surface area contributed by atoms with E-state index in [1.807, 2.05) is 48.5 Å². The molecule has 1 aromatic heterocycles. The van der Waals surface area contributed by atoms with E-state index in [1.54, 1.807) is 13.2 Å². The Morgan fingerprint density at radius 2 is 2.00 bits per heavy atom. The first-order valence-corrected chi connectivity index (χ1v) is 11.2. The minimum Gasteiger partial charge on any atom is -0.497 e. The van der Waals surface area contributed by atoms with Gasteiger partial charge < -0.3 is 10.1 Å². The summed E-state index contributed by atoms with van der Waals surface area (Å²) in [4.78, 5) is 17.8. The maximum absolute atomic E-state index is 13.2. The number of benzene rings is 2. The highest BCUT2D eigenvalue weighted by Gasteiger charge is 2.25. The molecule has 1 amide bonds. The van der Waals surface area contributed by atoms with Crippen LogP contribution in [0.4, 0.5) is 5.69 Å². The maximum atomic E-state index is 13.2. The number of amides is 1. The van der Waals surface area contributed by atoms with Gasteiger partial charge in [0.2, 0.25) is 11.1 Å². The number of carbonyl (C=O) groups excluding carboxylic acids is 1. The van der Waals surface area contributed by atoms with Crippen LogP contribution in [0, 0.1) is 5.92 Å². The van der Waals surface area contributed by atoms with E-state index in [0.717, 1.165) is 17.8 Å². The first-order valence-electron chi connectivity index (χ1n) is 10.3. The van der Waals surface area contributed by atoms with Gasteiger partial charge >= 0.3 is 0 Å². The smallest absolute Gasteiger partial charge is 0.242 e. The molecule has 1 unspecified atom stereocenters. The number of rotatable bonds is 8. The minimum absolute atomic E-state index is 0.124. The summed E-state index contributed by atoms with van der Waals surface area (Å²) in [7, 11) is 1.61. The van der Waals surface area contributed by atoms with Gasteiger partial charge in [-0.05, 0) is 23.6 Å². The Kier molecular flexibility index (Phi) is 6.69. The SMILES string of the molecule is COc1cccc(NC(=O)C(Sc2n[nH]c(CC3CCCC3)n2)c2ccccc2)c1. The molecular weight excluding hydrogens is 396 g/mol. The van der Waals surface area contributed by atoms with Gasteiger partial charge in [-0.15, -0.1) is 5.10 Å². The van der Waals surface area contributed by atoms with Crippen molar-refractivity contribution in [2.45, 2.75) is 42.5 Å². The average Bonchev–Trinajstić information content (AvgIpc) is 3.45. The number of nitrogens with one attached hydrogen (secondary N) is 2. The van der Waals surface area contributed by atoms with E-state index in [2.05, 4.69) is 20.5 Å². The summed E-state index contributed by atoms with van der Waals surface area (Å²) in [6.45, 7) is 0. The lowest BCUT2D eigenvalue weighted by atomic mass is 10.0. The van der Waals surface area contributed by atoms with Crippen LogP contribution in [0.5, 0.6) is 5.75 Å². The van der Waals surface area contributed by atoms with Gasteiger partial charge in [0.15, 0.2) is 0 Å². The van der Waals surface area contributed by atoms with E-state index in [1.165, 1.54) is 37.4 Å². The Morgan fingerprint density at radius 3 is 2.77 bits per heavy atom. The molecule has 3 aromatic rings. The van der Waals surface area contributed by atoms with Crippen molar-refractivity contribution >= 4 is 23.4 Å². The Hall–Kier alpha value is -2.80. The molecule has 156 valence electrons. The van der Waals surface area contributed by atoms with E-state index in [4.69, 9.17) is 4.74 Å². The molecule has 1 heterocycles. The van der Waals surface area contributed by atoms with Crippen LogP contribution in [0.25, 0.3) is 0 Å². The molecule has 1 atom stereocenters. The second-order valence-electron chi connectivity index (χ2n) is 7.55. The third-order valence-electron chi connectivity index (χ3n) is 5.37. The van der Waals surface area contributed by atoms with Gasteiger partial charge in [0.1, 0.15) is 16.8 Å². The van der Waals surface area contributed by atoms with Gasteiger partial charge in [0.05, 0.1) is 7.11 Å². The second-order valence-corrected chi connectivity index (χ2v) is 8.62. The number of aromatic nitrogens is 3. The molecule has 0 aliphatic heterocycles. The largest absolute Gasteiger partial charge is 0.497 e. The molecule has 1 aliphatic carbocycles. The van der Waals surface area contributed by atoms with Crippen LogP contribution in [0.1, 0.15) is 42.3 Å². The lowest BCUT2D eigenvalue weighted by molar-refractivity contribution is -0.115. The lowest BCUT2D eigenvalue weighted by Crippen LogP contribution is -2.19. The molecule has 0 radical (unpaired) electrons. The van der Waals surface area contributed by atoms with Crippen LogP contribution in [0.2, 0.25) is 0 Å². The number of hydrogen-bond acceptors (Lipinski definition) is 5. The van der Waals surface area contributed by atoms with E-state index in [-0.39, 0.29) is 5.91 Å². The fraction of sp³-hybridized carbons (Fsp3) is 0.348. The van der Waals surface area contributed by atoms with Gasteiger partial charge in [0.25, 0.3) is 0 Å². The molecule has 2 aromatic carbocycles. The number of H-pyrrole nitrogens is 1. The number of aromatic amines is 1. The zero-order valence-corrected chi connectivity index (χ0v) is 17.8. The van der Waals surface area contributed by atoms with E-state index in [0.29, 0.717) is 22.5 Å². The van der Waals surface area contributed by atoms with Crippen LogP contribution < -0.4 is 10.1 Å². The first-order chi connectivity index (χ1) is 14.7. The fourth-order valence-electron chi connectivity index (χ4n) is 3.82. The molecule has 30 heavy (non-hydrogen) atoms. The molecule has 0 saturated heterocycles. The molecule has 0 bridgehead atoms.